The minimum atomic E-state index is -0.376. The van der Waals surface area contributed by atoms with Crippen LogP contribution in [-0.4, -0.2) is 86.6 Å². The Labute approximate surface area is 198 Å². The van der Waals surface area contributed by atoms with Crippen molar-refractivity contribution in [1.29, 1.82) is 0 Å². The summed E-state index contributed by atoms with van der Waals surface area (Å²) in [4.78, 5) is 33.0. The lowest BCUT2D eigenvalue weighted by Crippen LogP contribution is -2.52. The number of amides is 2. The zero-order valence-corrected chi connectivity index (χ0v) is 20.4. The van der Waals surface area contributed by atoms with Crippen LogP contribution in [-0.2, 0) is 14.3 Å². The first-order valence-corrected chi connectivity index (χ1v) is 12.4. The quantitative estimate of drug-likeness (QED) is 0.601. The lowest BCUT2D eigenvalue weighted by atomic mass is 9.83. The van der Waals surface area contributed by atoms with Gasteiger partial charge in [0, 0.05) is 39.7 Å². The van der Waals surface area contributed by atoms with Crippen LogP contribution in [0.3, 0.4) is 0 Å². The van der Waals surface area contributed by atoms with E-state index in [1.807, 2.05) is 36.2 Å². The minimum Gasteiger partial charge on any atom is -0.497 e. The summed E-state index contributed by atoms with van der Waals surface area (Å²) in [6, 6.07) is 8.07. The number of fused-ring (bicyclic) bond motifs is 1. The summed E-state index contributed by atoms with van der Waals surface area (Å²) in [5, 5.41) is 0. The second-order valence-electron chi connectivity index (χ2n) is 9.81. The third-order valence-electron chi connectivity index (χ3n) is 7.92. The first kappa shape index (κ1) is 24.0. The minimum absolute atomic E-state index is 0.0250. The molecule has 0 saturated carbocycles. The molecular formula is C26H39N3O4. The van der Waals surface area contributed by atoms with Crippen molar-refractivity contribution in [3.8, 4) is 5.75 Å². The Morgan fingerprint density at radius 3 is 2.58 bits per heavy atom. The highest BCUT2D eigenvalue weighted by Gasteiger charge is 2.45. The van der Waals surface area contributed by atoms with Crippen LogP contribution in [0.4, 0.5) is 0 Å². The normalized spacial score (nSPS) is 28.0. The molecule has 182 valence electrons. The van der Waals surface area contributed by atoms with Gasteiger partial charge < -0.3 is 24.2 Å². The second kappa shape index (κ2) is 10.9. The number of rotatable bonds is 8. The van der Waals surface area contributed by atoms with Crippen LogP contribution < -0.4 is 4.74 Å². The van der Waals surface area contributed by atoms with Gasteiger partial charge in [-0.05, 0) is 62.4 Å². The molecule has 0 aromatic heterocycles. The molecule has 33 heavy (non-hydrogen) atoms. The van der Waals surface area contributed by atoms with E-state index in [1.165, 1.54) is 45.2 Å². The summed E-state index contributed by atoms with van der Waals surface area (Å²) < 4.78 is 10.7. The van der Waals surface area contributed by atoms with Gasteiger partial charge in [0.15, 0.2) is 0 Å². The Balaban J connectivity index is 1.54. The predicted octanol–water partition coefficient (Wildman–Crippen LogP) is 2.95. The van der Waals surface area contributed by atoms with Gasteiger partial charge in [0.05, 0.1) is 25.7 Å². The van der Waals surface area contributed by atoms with Crippen LogP contribution in [0.2, 0.25) is 0 Å². The average Bonchev–Trinajstić information content (AvgIpc) is 3.15. The van der Waals surface area contributed by atoms with E-state index in [0.717, 1.165) is 17.9 Å². The van der Waals surface area contributed by atoms with Gasteiger partial charge in [-0.1, -0.05) is 18.6 Å². The van der Waals surface area contributed by atoms with Gasteiger partial charge in [-0.15, -0.1) is 0 Å². The fourth-order valence-corrected chi connectivity index (χ4v) is 6.15. The van der Waals surface area contributed by atoms with Crippen LogP contribution in [0.25, 0.3) is 0 Å². The third kappa shape index (κ3) is 5.19. The van der Waals surface area contributed by atoms with Gasteiger partial charge in [-0.25, -0.2) is 0 Å². The average molecular weight is 458 g/mol. The molecule has 0 N–H and O–H groups in total. The number of carbonyl (C=O) groups excluding carboxylic acids is 2. The third-order valence-corrected chi connectivity index (χ3v) is 7.92. The number of piperidine rings is 2. The van der Waals surface area contributed by atoms with Gasteiger partial charge in [0.25, 0.3) is 0 Å². The smallest absolute Gasteiger partial charge is 0.228 e. The van der Waals surface area contributed by atoms with Crippen molar-refractivity contribution in [2.75, 3.05) is 54.1 Å². The highest BCUT2D eigenvalue weighted by atomic mass is 16.5. The number of carbonyl (C=O) groups is 2. The maximum Gasteiger partial charge on any atom is 0.228 e. The molecule has 3 heterocycles. The van der Waals surface area contributed by atoms with E-state index in [0.29, 0.717) is 25.1 Å². The molecule has 3 aliphatic heterocycles. The molecule has 0 radical (unpaired) electrons. The summed E-state index contributed by atoms with van der Waals surface area (Å²) >= 11 is 0. The molecule has 4 rings (SSSR count). The first-order chi connectivity index (χ1) is 16.0. The molecule has 1 aromatic rings. The number of nitrogens with zero attached hydrogens (tertiary/aromatic N) is 3. The van der Waals surface area contributed by atoms with Gasteiger partial charge in [-0.2, -0.15) is 0 Å². The molecule has 0 unspecified atom stereocenters. The Morgan fingerprint density at radius 1 is 1.09 bits per heavy atom. The summed E-state index contributed by atoms with van der Waals surface area (Å²) in [6.45, 7) is 4.22. The Bertz CT molecular complexity index is 812. The zero-order valence-electron chi connectivity index (χ0n) is 20.4. The number of benzene rings is 1. The van der Waals surface area contributed by atoms with E-state index < -0.39 is 0 Å². The van der Waals surface area contributed by atoms with Crippen LogP contribution in [0.15, 0.2) is 24.3 Å². The molecule has 0 bridgehead atoms. The molecule has 3 saturated heterocycles. The lowest BCUT2D eigenvalue weighted by molar-refractivity contribution is -0.138. The molecule has 1 aromatic carbocycles. The van der Waals surface area contributed by atoms with Crippen molar-refractivity contribution in [3.63, 3.8) is 0 Å². The SMILES string of the molecule is COCCN(C[C@@H]1CCCN2CCCC[C@H]12)C(=O)[C@H]1CC(=O)N(C)[C@@H]1c1ccc(OC)cc1. The molecule has 2 amide bonds. The van der Waals surface area contributed by atoms with E-state index in [1.54, 1.807) is 19.1 Å². The summed E-state index contributed by atoms with van der Waals surface area (Å²) in [7, 11) is 5.13. The maximum absolute atomic E-state index is 13.9. The lowest BCUT2D eigenvalue weighted by Gasteiger charge is -2.46. The highest BCUT2D eigenvalue weighted by molar-refractivity contribution is 5.90. The van der Waals surface area contributed by atoms with Crippen LogP contribution in [0.1, 0.15) is 50.1 Å². The van der Waals surface area contributed by atoms with E-state index in [-0.39, 0.29) is 30.2 Å². The van der Waals surface area contributed by atoms with Crippen LogP contribution in [0, 0.1) is 11.8 Å². The number of likely N-dealkylation sites (tertiary alicyclic amines) is 1. The Kier molecular flexibility index (Phi) is 7.91. The van der Waals surface area contributed by atoms with E-state index >= 15 is 0 Å². The molecule has 0 spiro atoms. The Hall–Kier alpha value is -2.12. The van der Waals surface area contributed by atoms with Gasteiger partial charge in [-0.3, -0.25) is 9.59 Å². The largest absolute Gasteiger partial charge is 0.497 e. The van der Waals surface area contributed by atoms with Gasteiger partial charge >= 0.3 is 0 Å². The number of ether oxygens (including phenoxy) is 2. The van der Waals surface area contributed by atoms with Crippen molar-refractivity contribution in [2.45, 2.75) is 50.6 Å². The van der Waals surface area contributed by atoms with Gasteiger partial charge in [0.1, 0.15) is 5.75 Å². The molecule has 3 aliphatic rings. The monoisotopic (exact) mass is 457 g/mol. The topological polar surface area (TPSA) is 62.3 Å². The van der Waals surface area contributed by atoms with Gasteiger partial charge in [0.2, 0.25) is 11.8 Å². The van der Waals surface area contributed by atoms with E-state index in [4.69, 9.17) is 9.47 Å². The van der Waals surface area contributed by atoms with E-state index in [2.05, 4.69) is 4.90 Å². The fraction of sp³-hybridized carbons (Fsp3) is 0.692. The Morgan fingerprint density at radius 2 is 1.85 bits per heavy atom. The molecule has 7 nitrogen and oxygen atoms in total. The van der Waals surface area contributed by atoms with E-state index in [9.17, 15) is 9.59 Å². The van der Waals surface area contributed by atoms with Crippen molar-refractivity contribution >= 4 is 11.8 Å². The summed E-state index contributed by atoms with van der Waals surface area (Å²) in [5.41, 5.74) is 0.977. The number of methoxy groups -OCH3 is 2. The zero-order chi connectivity index (χ0) is 23.4. The van der Waals surface area contributed by atoms with Crippen LogP contribution in [0.5, 0.6) is 5.75 Å². The molecule has 3 fully saturated rings. The predicted molar refractivity (Wildman–Crippen MR) is 127 cm³/mol. The molecule has 7 heteroatoms. The second-order valence-corrected chi connectivity index (χ2v) is 9.81. The molecule has 0 aliphatic carbocycles. The van der Waals surface area contributed by atoms with Crippen molar-refractivity contribution in [3.05, 3.63) is 29.8 Å². The molecule has 4 atom stereocenters. The number of hydrogen-bond donors (Lipinski definition) is 0. The summed E-state index contributed by atoms with van der Waals surface area (Å²) in [6.07, 6.45) is 6.43. The fourth-order valence-electron chi connectivity index (χ4n) is 6.15. The first-order valence-electron chi connectivity index (χ1n) is 12.4. The maximum atomic E-state index is 13.9. The number of hydrogen-bond acceptors (Lipinski definition) is 5. The van der Waals surface area contributed by atoms with Crippen molar-refractivity contribution < 1.29 is 19.1 Å². The van der Waals surface area contributed by atoms with Crippen LogP contribution >= 0.6 is 0 Å². The van der Waals surface area contributed by atoms with Crippen molar-refractivity contribution in [1.82, 2.24) is 14.7 Å². The van der Waals surface area contributed by atoms with Crippen molar-refractivity contribution in [2.24, 2.45) is 11.8 Å². The highest BCUT2D eigenvalue weighted by Crippen LogP contribution is 2.39. The summed E-state index contributed by atoms with van der Waals surface area (Å²) in [5.74, 6) is 0.994. The standard InChI is InChI=1S/C26H39N3O4/c1-27-24(30)17-22(25(27)19-9-11-21(33-3)12-10-19)26(31)29(15-16-32-2)18-20-7-6-14-28-13-5-4-8-23(20)28/h9-12,20,22-23,25H,4-8,13-18H2,1-3H3/t20-,22-,23+,25+/m0/s1. The molecular weight excluding hydrogens is 418 g/mol.